The van der Waals surface area contributed by atoms with Gasteiger partial charge in [0.15, 0.2) is 0 Å². The Morgan fingerprint density at radius 3 is 2.30 bits per heavy atom. The third-order valence-corrected chi connectivity index (χ3v) is 4.26. The van der Waals surface area contributed by atoms with Crippen molar-refractivity contribution in [3.8, 4) is 0 Å². The molecule has 20 heavy (non-hydrogen) atoms. The van der Waals surface area contributed by atoms with Crippen LogP contribution < -0.4 is 5.32 Å². The number of carbonyl (C=O) groups excluding carboxylic acids is 1. The molecule has 0 saturated heterocycles. The topological polar surface area (TPSA) is 41.6 Å². The number of hydrogen-bond donors (Lipinski definition) is 1. The molecule has 1 N–H and O–H groups in total. The Labute approximate surface area is 124 Å². The number of ether oxygens (including phenoxy) is 1. The normalized spacial score (nSPS) is 20.8. The van der Waals surface area contributed by atoms with E-state index in [4.69, 9.17) is 4.74 Å². The number of nitrogens with zero attached hydrogens (tertiary/aromatic N) is 1. The van der Waals surface area contributed by atoms with Gasteiger partial charge in [0.2, 0.25) is 0 Å². The standard InChI is InChI=1S/C16H32N2O2/c1-13(2)17-16(3,15(19)20-5)12-18(4)14-10-8-6-7-9-11-14/h13-14,17H,6-12H2,1-5H3. The van der Waals surface area contributed by atoms with E-state index in [1.54, 1.807) is 0 Å². The molecule has 1 saturated carbocycles. The molecule has 0 bridgehead atoms. The molecule has 0 radical (unpaired) electrons. The fraction of sp³-hybridized carbons (Fsp3) is 0.938. The van der Waals surface area contributed by atoms with Crippen LogP contribution in [0.25, 0.3) is 0 Å². The Hall–Kier alpha value is -0.610. The maximum absolute atomic E-state index is 12.1. The highest BCUT2D eigenvalue weighted by molar-refractivity contribution is 5.80. The summed E-state index contributed by atoms with van der Waals surface area (Å²) in [7, 11) is 3.60. The molecule has 1 atom stereocenters. The van der Waals surface area contributed by atoms with Crippen LogP contribution in [-0.2, 0) is 9.53 Å². The van der Waals surface area contributed by atoms with Gasteiger partial charge < -0.3 is 9.64 Å². The van der Waals surface area contributed by atoms with Crippen LogP contribution in [-0.4, -0.2) is 49.2 Å². The van der Waals surface area contributed by atoms with Gasteiger partial charge in [0, 0.05) is 18.6 Å². The number of hydrogen-bond acceptors (Lipinski definition) is 4. The third kappa shape index (κ3) is 5.06. The van der Waals surface area contributed by atoms with Gasteiger partial charge in [0.1, 0.15) is 5.54 Å². The Balaban J connectivity index is 2.69. The largest absolute Gasteiger partial charge is 0.468 e. The van der Waals surface area contributed by atoms with Gasteiger partial charge in [-0.2, -0.15) is 0 Å². The first-order valence-electron chi connectivity index (χ1n) is 7.95. The third-order valence-electron chi connectivity index (χ3n) is 4.26. The van der Waals surface area contributed by atoms with Crippen molar-refractivity contribution in [3.05, 3.63) is 0 Å². The summed E-state index contributed by atoms with van der Waals surface area (Å²) in [5.41, 5.74) is -0.635. The van der Waals surface area contributed by atoms with Crippen molar-refractivity contribution < 1.29 is 9.53 Å². The minimum absolute atomic E-state index is 0.174. The summed E-state index contributed by atoms with van der Waals surface area (Å²) < 4.78 is 5.00. The monoisotopic (exact) mass is 284 g/mol. The van der Waals surface area contributed by atoms with Crippen molar-refractivity contribution in [1.29, 1.82) is 0 Å². The molecule has 1 rings (SSSR count). The van der Waals surface area contributed by atoms with Crippen molar-refractivity contribution in [2.45, 2.75) is 76.9 Å². The van der Waals surface area contributed by atoms with Crippen molar-refractivity contribution in [2.75, 3.05) is 20.7 Å². The number of nitrogens with one attached hydrogen (secondary N) is 1. The molecular weight excluding hydrogens is 252 g/mol. The summed E-state index contributed by atoms with van der Waals surface area (Å²) in [6.07, 6.45) is 7.81. The predicted molar refractivity (Wildman–Crippen MR) is 82.8 cm³/mol. The maximum Gasteiger partial charge on any atom is 0.327 e. The molecule has 4 nitrogen and oxygen atoms in total. The first-order valence-corrected chi connectivity index (χ1v) is 7.95. The smallest absolute Gasteiger partial charge is 0.327 e. The number of rotatable bonds is 6. The summed E-state index contributed by atoms with van der Waals surface area (Å²) in [5.74, 6) is -0.174. The molecule has 0 aliphatic heterocycles. The average molecular weight is 284 g/mol. The van der Waals surface area contributed by atoms with Gasteiger partial charge in [-0.3, -0.25) is 10.1 Å². The van der Waals surface area contributed by atoms with Crippen molar-refractivity contribution >= 4 is 5.97 Å². The van der Waals surface area contributed by atoms with E-state index in [1.807, 2.05) is 6.92 Å². The molecule has 0 heterocycles. The average Bonchev–Trinajstić information content (AvgIpc) is 2.65. The van der Waals surface area contributed by atoms with E-state index in [9.17, 15) is 4.79 Å². The van der Waals surface area contributed by atoms with E-state index in [1.165, 1.54) is 45.6 Å². The second kappa shape index (κ2) is 7.99. The van der Waals surface area contributed by atoms with Gasteiger partial charge in [0.25, 0.3) is 0 Å². The lowest BCUT2D eigenvalue weighted by atomic mass is 9.98. The van der Waals surface area contributed by atoms with Gasteiger partial charge in [-0.15, -0.1) is 0 Å². The molecule has 1 aliphatic rings. The van der Waals surface area contributed by atoms with E-state index in [-0.39, 0.29) is 12.0 Å². The molecular formula is C16H32N2O2. The van der Waals surface area contributed by atoms with Crippen LogP contribution in [0.2, 0.25) is 0 Å². The van der Waals surface area contributed by atoms with Crippen molar-refractivity contribution in [1.82, 2.24) is 10.2 Å². The molecule has 1 aliphatic carbocycles. The highest BCUT2D eigenvalue weighted by Crippen LogP contribution is 2.22. The van der Waals surface area contributed by atoms with Gasteiger partial charge in [-0.05, 0) is 40.7 Å². The maximum atomic E-state index is 12.1. The van der Waals surface area contributed by atoms with E-state index in [0.717, 1.165) is 0 Å². The second-order valence-corrected chi connectivity index (χ2v) is 6.68. The molecule has 1 fully saturated rings. The lowest BCUT2D eigenvalue weighted by Crippen LogP contribution is -2.60. The van der Waals surface area contributed by atoms with Crippen LogP contribution in [0.1, 0.15) is 59.3 Å². The Morgan fingerprint density at radius 2 is 1.85 bits per heavy atom. The van der Waals surface area contributed by atoms with Crippen molar-refractivity contribution in [3.63, 3.8) is 0 Å². The molecule has 4 heteroatoms. The highest BCUT2D eigenvalue weighted by atomic mass is 16.5. The SMILES string of the molecule is COC(=O)C(C)(CN(C)C1CCCCCC1)NC(C)C. The molecule has 0 aromatic rings. The number of methoxy groups -OCH3 is 1. The van der Waals surface area contributed by atoms with Crippen molar-refractivity contribution in [2.24, 2.45) is 0 Å². The number of esters is 1. The van der Waals surface area contributed by atoms with E-state index in [2.05, 4.69) is 31.1 Å². The van der Waals surface area contributed by atoms with E-state index >= 15 is 0 Å². The molecule has 0 spiro atoms. The second-order valence-electron chi connectivity index (χ2n) is 6.68. The first kappa shape index (κ1) is 17.4. The summed E-state index contributed by atoms with van der Waals surface area (Å²) >= 11 is 0. The minimum atomic E-state index is -0.635. The van der Waals surface area contributed by atoms with E-state index in [0.29, 0.717) is 12.6 Å². The first-order chi connectivity index (χ1) is 9.39. The summed E-state index contributed by atoms with van der Waals surface area (Å²) in [6.45, 7) is 6.77. The minimum Gasteiger partial charge on any atom is -0.468 e. The zero-order valence-corrected chi connectivity index (χ0v) is 13.9. The van der Waals surface area contributed by atoms with Crippen LogP contribution in [0.5, 0.6) is 0 Å². The fourth-order valence-electron chi connectivity index (χ4n) is 3.36. The lowest BCUT2D eigenvalue weighted by molar-refractivity contribution is -0.149. The highest BCUT2D eigenvalue weighted by Gasteiger charge is 2.37. The summed E-state index contributed by atoms with van der Waals surface area (Å²) in [5, 5.41) is 3.38. The molecule has 0 aromatic heterocycles. The molecule has 1 unspecified atom stereocenters. The Kier molecular flexibility index (Phi) is 6.96. The summed E-state index contributed by atoms with van der Waals surface area (Å²) in [6, 6.07) is 0.845. The van der Waals surface area contributed by atoms with Gasteiger partial charge in [-0.25, -0.2) is 0 Å². The Morgan fingerprint density at radius 1 is 1.30 bits per heavy atom. The van der Waals surface area contributed by atoms with Gasteiger partial charge >= 0.3 is 5.97 Å². The Bertz CT molecular complexity index is 299. The molecule has 118 valence electrons. The molecule has 0 aromatic carbocycles. The fourth-order valence-corrected chi connectivity index (χ4v) is 3.36. The van der Waals surface area contributed by atoms with Crippen LogP contribution in [0, 0.1) is 0 Å². The van der Waals surface area contributed by atoms with Crippen LogP contribution in [0.15, 0.2) is 0 Å². The predicted octanol–water partition coefficient (Wildman–Crippen LogP) is 2.57. The van der Waals surface area contributed by atoms with Crippen LogP contribution in [0.4, 0.5) is 0 Å². The quantitative estimate of drug-likeness (QED) is 0.601. The summed E-state index contributed by atoms with van der Waals surface area (Å²) in [4.78, 5) is 14.5. The zero-order valence-electron chi connectivity index (χ0n) is 13.9. The van der Waals surface area contributed by atoms with Crippen LogP contribution >= 0.6 is 0 Å². The number of likely N-dealkylation sites (N-methyl/N-ethyl adjacent to an activating group) is 1. The molecule has 0 amide bonds. The van der Waals surface area contributed by atoms with E-state index < -0.39 is 5.54 Å². The van der Waals surface area contributed by atoms with Gasteiger partial charge in [0.05, 0.1) is 7.11 Å². The van der Waals surface area contributed by atoms with Gasteiger partial charge in [-0.1, -0.05) is 25.7 Å². The zero-order chi connectivity index (χ0) is 15.2. The lowest BCUT2D eigenvalue weighted by Gasteiger charge is -2.37. The number of carbonyl (C=O) groups is 1. The van der Waals surface area contributed by atoms with Crippen LogP contribution in [0.3, 0.4) is 0 Å².